The number of nitrogen functional groups attached to an aromatic ring is 1. The van der Waals surface area contributed by atoms with E-state index >= 15 is 0 Å². The molecule has 6 heteroatoms. The highest BCUT2D eigenvalue weighted by molar-refractivity contribution is 6.00. The van der Waals surface area contributed by atoms with Crippen molar-refractivity contribution in [2.24, 2.45) is 5.92 Å². The highest BCUT2D eigenvalue weighted by Crippen LogP contribution is 2.28. The lowest BCUT2D eigenvalue weighted by Crippen LogP contribution is -2.30. The topological polar surface area (TPSA) is 96.2 Å². The summed E-state index contributed by atoms with van der Waals surface area (Å²) in [5.74, 6) is 0.157. The third kappa shape index (κ3) is 3.63. The summed E-state index contributed by atoms with van der Waals surface area (Å²) >= 11 is 0. The van der Waals surface area contributed by atoms with Crippen molar-refractivity contribution < 1.29 is 9.59 Å². The maximum atomic E-state index is 11.7. The first-order valence-corrected chi connectivity index (χ1v) is 6.75. The molecule has 5 N–H and O–H groups in total. The minimum atomic E-state index is -0.172. The van der Waals surface area contributed by atoms with E-state index in [2.05, 4.69) is 16.0 Å². The van der Waals surface area contributed by atoms with E-state index in [1.54, 1.807) is 25.2 Å². The third-order valence-electron chi connectivity index (χ3n) is 3.20. The molecule has 2 amide bonds. The maximum absolute atomic E-state index is 11.7. The van der Waals surface area contributed by atoms with E-state index < -0.39 is 0 Å². The molecule has 1 fully saturated rings. The second kappa shape index (κ2) is 6.27. The van der Waals surface area contributed by atoms with Crippen LogP contribution in [0.25, 0.3) is 0 Å². The van der Waals surface area contributed by atoms with Gasteiger partial charge in [0, 0.05) is 37.4 Å². The zero-order valence-electron chi connectivity index (χ0n) is 11.5. The number of anilines is 2. The standard InChI is InChI=1S/C14H20N4O2/c1-16-14(20)11-5-4-10(15)8-12(11)17-6-7-18-13(19)9-2-3-9/h4-5,8-9,17H,2-3,6-7,15H2,1H3,(H,16,20)(H,18,19). The number of nitrogens with two attached hydrogens (primary N) is 1. The van der Waals surface area contributed by atoms with Gasteiger partial charge in [-0.1, -0.05) is 0 Å². The van der Waals surface area contributed by atoms with Gasteiger partial charge in [-0.05, 0) is 31.0 Å². The van der Waals surface area contributed by atoms with Crippen LogP contribution in [0.2, 0.25) is 0 Å². The van der Waals surface area contributed by atoms with Crippen LogP contribution in [-0.2, 0) is 4.79 Å². The molecule has 0 aliphatic heterocycles. The highest BCUT2D eigenvalue weighted by Gasteiger charge is 2.28. The number of hydrogen-bond acceptors (Lipinski definition) is 4. The second-order valence-electron chi connectivity index (χ2n) is 4.88. The average molecular weight is 276 g/mol. The van der Waals surface area contributed by atoms with Crippen LogP contribution in [0.5, 0.6) is 0 Å². The third-order valence-corrected chi connectivity index (χ3v) is 3.20. The van der Waals surface area contributed by atoms with Gasteiger partial charge in [0.1, 0.15) is 0 Å². The molecule has 0 spiro atoms. The highest BCUT2D eigenvalue weighted by atomic mass is 16.2. The Bertz CT molecular complexity index is 512. The number of carbonyl (C=O) groups is 2. The van der Waals surface area contributed by atoms with E-state index in [1.165, 1.54) is 0 Å². The van der Waals surface area contributed by atoms with Gasteiger partial charge in [0.05, 0.1) is 5.56 Å². The predicted octanol–water partition coefficient (Wildman–Crippen LogP) is 0.566. The Morgan fingerprint density at radius 2 is 2.05 bits per heavy atom. The molecule has 1 aromatic rings. The fourth-order valence-electron chi connectivity index (χ4n) is 1.91. The monoisotopic (exact) mass is 276 g/mol. The molecule has 1 aliphatic rings. The van der Waals surface area contributed by atoms with Crippen LogP contribution in [-0.4, -0.2) is 32.0 Å². The molecule has 0 unspecified atom stereocenters. The number of hydrogen-bond donors (Lipinski definition) is 4. The molecular weight excluding hydrogens is 256 g/mol. The normalized spacial score (nSPS) is 13.7. The van der Waals surface area contributed by atoms with Gasteiger partial charge in [0.15, 0.2) is 0 Å². The van der Waals surface area contributed by atoms with Gasteiger partial charge < -0.3 is 21.7 Å². The van der Waals surface area contributed by atoms with Crippen LogP contribution in [0, 0.1) is 5.92 Å². The van der Waals surface area contributed by atoms with Gasteiger partial charge in [-0.2, -0.15) is 0 Å². The van der Waals surface area contributed by atoms with Crippen molar-refractivity contribution in [1.29, 1.82) is 0 Å². The van der Waals surface area contributed by atoms with E-state index in [-0.39, 0.29) is 17.7 Å². The molecule has 0 bridgehead atoms. The lowest BCUT2D eigenvalue weighted by Gasteiger charge is -2.12. The van der Waals surface area contributed by atoms with Crippen molar-refractivity contribution in [3.8, 4) is 0 Å². The Hall–Kier alpha value is -2.24. The van der Waals surface area contributed by atoms with Gasteiger partial charge >= 0.3 is 0 Å². The Balaban J connectivity index is 1.88. The van der Waals surface area contributed by atoms with Gasteiger partial charge in [-0.25, -0.2) is 0 Å². The first kappa shape index (κ1) is 14.2. The predicted molar refractivity (Wildman–Crippen MR) is 78.5 cm³/mol. The van der Waals surface area contributed by atoms with E-state index in [0.717, 1.165) is 12.8 Å². The van der Waals surface area contributed by atoms with Crippen molar-refractivity contribution in [3.63, 3.8) is 0 Å². The molecule has 20 heavy (non-hydrogen) atoms. The SMILES string of the molecule is CNC(=O)c1ccc(N)cc1NCCNC(=O)C1CC1. The van der Waals surface area contributed by atoms with Gasteiger partial charge in [-0.15, -0.1) is 0 Å². The smallest absolute Gasteiger partial charge is 0.253 e. The summed E-state index contributed by atoms with van der Waals surface area (Å²) in [5.41, 5.74) is 7.52. The van der Waals surface area contributed by atoms with Crippen LogP contribution < -0.4 is 21.7 Å². The molecule has 0 heterocycles. The van der Waals surface area contributed by atoms with Gasteiger partial charge in [0.25, 0.3) is 5.91 Å². The number of carbonyl (C=O) groups excluding carboxylic acids is 2. The summed E-state index contributed by atoms with van der Waals surface area (Å²) in [4.78, 5) is 23.2. The van der Waals surface area contributed by atoms with E-state index in [4.69, 9.17) is 5.73 Å². The van der Waals surface area contributed by atoms with Gasteiger partial charge in [0.2, 0.25) is 5.91 Å². The van der Waals surface area contributed by atoms with E-state index in [9.17, 15) is 9.59 Å². The molecule has 2 rings (SSSR count). The fourth-order valence-corrected chi connectivity index (χ4v) is 1.91. The first-order chi connectivity index (χ1) is 9.61. The van der Waals surface area contributed by atoms with Crippen LogP contribution in [0.3, 0.4) is 0 Å². The molecule has 0 atom stereocenters. The largest absolute Gasteiger partial charge is 0.399 e. The van der Waals surface area contributed by atoms with E-state index in [0.29, 0.717) is 30.0 Å². The molecule has 0 saturated heterocycles. The second-order valence-corrected chi connectivity index (χ2v) is 4.88. The average Bonchev–Trinajstić information content (AvgIpc) is 3.27. The molecule has 1 aromatic carbocycles. The first-order valence-electron chi connectivity index (χ1n) is 6.75. The van der Waals surface area contributed by atoms with Crippen molar-refractivity contribution in [2.75, 3.05) is 31.2 Å². The fraction of sp³-hybridized carbons (Fsp3) is 0.429. The Morgan fingerprint density at radius 3 is 2.70 bits per heavy atom. The number of amides is 2. The van der Waals surface area contributed by atoms with Crippen LogP contribution >= 0.6 is 0 Å². The number of benzene rings is 1. The Labute approximate surface area is 118 Å². The van der Waals surface area contributed by atoms with E-state index in [1.807, 2.05) is 0 Å². The summed E-state index contributed by atoms with van der Waals surface area (Å²) in [6.07, 6.45) is 1.99. The molecule has 0 radical (unpaired) electrons. The van der Waals surface area contributed by atoms with Crippen LogP contribution in [0.1, 0.15) is 23.2 Å². The minimum absolute atomic E-state index is 0.117. The zero-order valence-corrected chi connectivity index (χ0v) is 11.5. The maximum Gasteiger partial charge on any atom is 0.253 e. The van der Waals surface area contributed by atoms with Gasteiger partial charge in [-0.3, -0.25) is 9.59 Å². The van der Waals surface area contributed by atoms with Crippen LogP contribution in [0.4, 0.5) is 11.4 Å². The zero-order chi connectivity index (χ0) is 14.5. The van der Waals surface area contributed by atoms with Crippen LogP contribution in [0.15, 0.2) is 18.2 Å². The molecular formula is C14H20N4O2. The van der Waals surface area contributed by atoms with Crippen molar-refractivity contribution in [1.82, 2.24) is 10.6 Å². The molecule has 0 aromatic heterocycles. The minimum Gasteiger partial charge on any atom is -0.399 e. The molecule has 1 aliphatic carbocycles. The van der Waals surface area contributed by atoms with Crippen molar-refractivity contribution >= 4 is 23.2 Å². The summed E-state index contributed by atoms with van der Waals surface area (Å²) in [6, 6.07) is 5.08. The summed E-state index contributed by atoms with van der Waals surface area (Å²) in [6.45, 7) is 1.07. The molecule has 108 valence electrons. The molecule has 1 saturated carbocycles. The lowest BCUT2D eigenvalue weighted by molar-refractivity contribution is -0.122. The van der Waals surface area contributed by atoms with Crippen molar-refractivity contribution in [2.45, 2.75) is 12.8 Å². The summed E-state index contributed by atoms with van der Waals surface area (Å²) < 4.78 is 0. The number of nitrogens with one attached hydrogen (secondary N) is 3. The Morgan fingerprint density at radius 1 is 1.30 bits per heavy atom. The quantitative estimate of drug-likeness (QED) is 0.451. The molecule has 6 nitrogen and oxygen atoms in total. The summed E-state index contributed by atoms with van der Waals surface area (Å²) in [7, 11) is 1.58. The number of rotatable bonds is 6. The lowest BCUT2D eigenvalue weighted by atomic mass is 10.1. The van der Waals surface area contributed by atoms with Crippen molar-refractivity contribution in [3.05, 3.63) is 23.8 Å². The summed E-state index contributed by atoms with van der Waals surface area (Å²) in [5, 5.41) is 8.57. The Kier molecular flexibility index (Phi) is 4.45.